The fourth-order valence-electron chi connectivity index (χ4n) is 7.68. The van der Waals surface area contributed by atoms with Crippen LogP contribution in [0.2, 0.25) is 0 Å². The average molecular weight is 638 g/mol. The molecule has 0 spiro atoms. The summed E-state index contributed by atoms with van der Waals surface area (Å²) in [6, 6.07) is 44.9. The summed E-state index contributed by atoms with van der Waals surface area (Å²) in [6.45, 7) is 4.66. The first-order valence-electron chi connectivity index (χ1n) is 18.2. The van der Waals surface area contributed by atoms with E-state index in [0.717, 1.165) is 12.8 Å². The average Bonchev–Trinajstić information content (AvgIpc) is 3.77. The maximum atomic E-state index is 2.52. The minimum atomic E-state index is -0.00668. The second-order valence-electron chi connectivity index (χ2n) is 13.5. The Morgan fingerprint density at radius 2 is 1.04 bits per heavy atom. The van der Waals surface area contributed by atoms with E-state index in [2.05, 4.69) is 189 Å². The van der Waals surface area contributed by atoms with Crippen LogP contribution in [0.15, 0.2) is 152 Å². The Hall–Kier alpha value is -5.14. The highest BCUT2D eigenvalue weighted by molar-refractivity contribution is 5.87. The van der Waals surface area contributed by atoms with Crippen molar-refractivity contribution in [3.05, 3.63) is 180 Å². The predicted octanol–water partition coefficient (Wildman–Crippen LogP) is 13.7. The Kier molecular flexibility index (Phi) is 9.89. The lowest BCUT2D eigenvalue weighted by Crippen LogP contribution is -2.26. The summed E-state index contributed by atoms with van der Waals surface area (Å²) in [5.41, 5.74) is 13.1. The normalized spacial score (nSPS) is 14.6. The number of anilines is 3. The van der Waals surface area contributed by atoms with Crippen molar-refractivity contribution < 1.29 is 0 Å². The number of nitrogens with zero attached hydrogens (tertiary/aromatic N) is 1. The summed E-state index contributed by atoms with van der Waals surface area (Å²) >= 11 is 0. The van der Waals surface area contributed by atoms with Gasteiger partial charge in [-0.3, -0.25) is 0 Å². The van der Waals surface area contributed by atoms with Crippen LogP contribution in [0.3, 0.4) is 0 Å². The van der Waals surface area contributed by atoms with E-state index in [1.165, 1.54) is 81.7 Å². The third-order valence-corrected chi connectivity index (χ3v) is 10.3. The highest BCUT2D eigenvalue weighted by Gasteiger charge is 2.42. The third-order valence-electron chi connectivity index (χ3n) is 10.3. The summed E-state index contributed by atoms with van der Waals surface area (Å²) in [5.74, 6) is 0.408. The lowest BCUT2D eigenvalue weighted by molar-refractivity contribution is 0.414. The standard InChI is InChI=1S/C48H47N/c1-3-5-33-48(34-6-4-2)46-35-40(28-27-39-25-23-38(24-26-39)22-21-37-15-13-14-16-37)29-31-44(46)45-32-30-43(36-47(45)48)49(41-17-9-7-10-18-41)42-19-11-8-12-20-42/h7-32,35-37H,3-6,33-34H2,1-2H3/b22-21+,28-27+. The molecule has 7 rings (SSSR count). The van der Waals surface area contributed by atoms with Crippen LogP contribution in [-0.2, 0) is 5.41 Å². The largest absolute Gasteiger partial charge is 0.310 e. The van der Waals surface area contributed by atoms with Crippen molar-refractivity contribution in [1.29, 1.82) is 0 Å². The monoisotopic (exact) mass is 637 g/mol. The smallest absolute Gasteiger partial charge is 0.0465 e. The summed E-state index contributed by atoms with van der Waals surface area (Å²) in [5, 5.41) is 0. The first-order valence-corrected chi connectivity index (χ1v) is 18.2. The molecule has 2 aliphatic rings. The zero-order valence-corrected chi connectivity index (χ0v) is 28.9. The Bertz CT molecular complexity index is 1920. The van der Waals surface area contributed by atoms with Gasteiger partial charge in [-0.1, -0.05) is 173 Å². The number of benzene rings is 5. The van der Waals surface area contributed by atoms with Crippen molar-refractivity contribution in [3.63, 3.8) is 0 Å². The highest BCUT2D eigenvalue weighted by Crippen LogP contribution is 2.55. The van der Waals surface area contributed by atoms with E-state index in [4.69, 9.17) is 0 Å². The van der Waals surface area contributed by atoms with E-state index in [1.54, 1.807) is 0 Å². The molecule has 0 unspecified atom stereocenters. The maximum absolute atomic E-state index is 2.52. The maximum Gasteiger partial charge on any atom is 0.0465 e. The lowest BCUT2D eigenvalue weighted by atomic mass is 9.70. The molecule has 2 aliphatic carbocycles. The molecule has 0 aromatic heterocycles. The van der Waals surface area contributed by atoms with Crippen molar-refractivity contribution in [2.45, 2.75) is 57.8 Å². The van der Waals surface area contributed by atoms with Gasteiger partial charge >= 0.3 is 0 Å². The second kappa shape index (κ2) is 15.0. The van der Waals surface area contributed by atoms with Crippen LogP contribution in [-0.4, -0.2) is 0 Å². The first kappa shape index (κ1) is 32.4. The van der Waals surface area contributed by atoms with Gasteiger partial charge in [-0.2, -0.15) is 0 Å². The number of hydrogen-bond donors (Lipinski definition) is 0. The topological polar surface area (TPSA) is 3.24 Å². The van der Waals surface area contributed by atoms with Gasteiger partial charge in [0.2, 0.25) is 0 Å². The molecule has 0 saturated carbocycles. The molecule has 0 saturated heterocycles. The molecular formula is C48H47N. The summed E-state index contributed by atoms with van der Waals surface area (Å²) in [4.78, 5) is 2.41. The number of fused-ring (bicyclic) bond motifs is 3. The van der Waals surface area contributed by atoms with Crippen molar-refractivity contribution >= 4 is 35.3 Å². The fraction of sp³-hybridized carbons (Fsp3) is 0.208. The van der Waals surface area contributed by atoms with Crippen LogP contribution in [0.4, 0.5) is 17.1 Å². The molecule has 0 atom stereocenters. The Labute approximate surface area is 293 Å². The molecule has 49 heavy (non-hydrogen) atoms. The quantitative estimate of drug-likeness (QED) is 0.116. The molecule has 1 nitrogen and oxygen atoms in total. The Morgan fingerprint density at radius 3 is 1.63 bits per heavy atom. The molecule has 0 N–H and O–H groups in total. The number of rotatable bonds is 13. The number of para-hydroxylation sites is 2. The minimum Gasteiger partial charge on any atom is -0.310 e. The summed E-state index contributed by atoms with van der Waals surface area (Å²) in [7, 11) is 0. The molecule has 0 aliphatic heterocycles. The van der Waals surface area contributed by atoms with Crippen LogP contribution in [0, 0.1) is 5.92 Å². The lowest BCUT2D eigenvalue weighted by Gasteiger charge is -2.34. The van der Waals surface area contributed by atoms with Gasteiger partial charge < -0.3 is 4.90 Å². The molecule has 0 radical (unpaired) electrons. The summed E-state index contributed by atoms with van der Waals surface area (Å²) < 4.78 is 0. The molecule has 1 heteroatoms. The van der Waals surface area contributed by atoms with Gasteiger partial charge in [0.1, 0.15) is 0 Å². The van der Waals surface area contributed by atoms with Gasteiger partial charge in [0.25, 0.3) is 0 Å². The number of allylic oxidation sites excluding steroid dienone is 5. The van der Waals surface area contributed by atoms with E-state index < -0.39 is 0 Å². The van der Waals surface area contributed by atoms with Crippen LogP contribution in [0.5, 0.6) is 0 Å². The predicted molar refractivity (Wildman–Crippen MR) is 213 cm³/mol. The van der Waals surface area contributed by atoms with Crippen molar-refractivity contribution in [2.24, 2.45) is 5.92 Å². The number of unbranched alkanes of at least 4 members (excludes halogenated alkanes) is 2. The molecule has 0 heterocycles. The molecule has 0 amide bonds. The molecular weight excluding hydrogens is 591 g/mol. The first-order chi connectivity index (χ1) is 24.2. The highest BCUT2D eigenvalue weighted by atomic mass is 15.1. The van der Waals surface area contributed by atoms with Crippen LogP contribution in [0.1, 0.15) is 80.2 Å². The Balaban J connectivity index is 1.25. The Morgan fingerprint density at radius 1 is 0.531 bits per heavy atom. The minimum absolute atomic E-state index is 0.00668. The molecule has 5 aromatic carbocycles. The fourth-order valence-corrected chi connectivity index (χ4v) is 7.68. The van der Waals surface area contributed by atoms with E-state index in [0.29, 0.717) is 5.92 Å². The van der Waals surface area contributed by atoms with Gasteiger partial charge in [-0.25, -0.2) is 0 Å². The molecule has 244 valence electrons. The SMILES string of the molecule is CCCCC1(CCCC)c2cc(/C=C/c3ccc(/C=C/C4C=CC=C4)cc3)ccc2-c2ccc(N(c3ccccc3)c3ccccc3)cc21. The van der Waals surface area contributed by atoms with Crippen LogP contribution < -0.4 is 4.90 Å². The van der Waals surface area contributed by atoms with Crippen LogP contribution >= 0.6 is 0 Å². The van der Waals surface area contributed by atoms with Gasteiger partial charge in [-0.15, -0.1) is 0 Å². The molecule has 0 bridgehead atoms. The van der Waals surface area contributed by atoms with Crippen molar-refractivity contribution in [3.8, 4) is 11.1 Å². The van der Waals surface area contributed by atoms with E-state index >= 15 is 0 Å². The summed E-state index contributed by atoms with van der Waals surface area (Å²) in [6.07, 6.45) is 24.8. The second-order valence-corrected chi connectivity index (χ2v) is 13.5. The molecule has 0 fully saturated rings. The zero-order valence-electron chi connectivity index (χ0n) is 28.9. The molecule has 5 aromatic rings. The van der Waals surface area contributed by atoms with Crippen molar-refractivity contribution in [1.82, 2.24) is 0 Å². The number of hydrogen-bond acceptors (Lipinski definition) is 1. The zero-order chi connectivity index (χ0) is 33.5. The van der Waals surface area contributed by atoms with Gasteiger partial charge in [0.05, 0.1) is 0 Å². The van der Waals surface area contributed by atoms with E-state index in [1.807, 2.05) is 0 Å². The van der Waals surface area contributed by atoms with E-state index in [-0.39, 0.29) is 5.41 Å². The van der Waals surface area contributed by atoms with Gasteiger partial charge in [0.15, 0.2) is 0 Å². The third kappa shape index (κ3) is 6.90. The van der Waals surface area contributed by atoms with E-state index in [9.17, 15) is 0 Å². The van der Waals surface area contributed by atoms with Crippen LogP contribution in [0.25, 0.3) is 29.4 Å². The van der Waals surface area contributed by atoms with Gasteiger partial charge in [-0.05, 0) is 88.2 Å². The van der Waals surface area contributed by atoms with Gasteiger partial charge in [0, 0.05) is 28.4 Å². The van der Waals surface area contributed by atoms with Crippen molar-refractivity contribution in [2.75, 3.05) is 4.90 Å².